The molecule has 12 heteroatoms. The molecule has 1 heterocycles. The Morgan fingerprint density at radius 1 is 1.04 bits per heavy atom. The first-order valence-electron chi connectivity index (χ1n) is 5.63. The van der Waals surface area contributed by atoms with Crippen LogP contribution in [-0.4, -0.2) is 43.1 Å². The summed E-state index contributed by atoms with van der Waals surface area (Å²) in [4.78, 5) is 22.1. The highest BCUT2D eigenvalue weighted by molar-refractivity contribution is 5.86. The summed E-state index contributed by atoms with van der Waals surface area (Å²) in [6.07, 6.45) is -11.8. The van der Waals surface area contributed by atoms with Crippen LogP contribution in [0.4, 0.5) is 26.3 Å². The number of ether oxygens (including phenoxy) is 2. The van der Waals surface area contributed by atoms with Crippen molar-refractivity contribution in [3.05, 3.63) is 24.2 Å². The van der Waals surface area contributed by atoms with Gasteiger partial charge in [-0.05, 0) is 12.1 Å². The Hall–Kier alpha value is -2.24. The Morgan fingerprint density at radius 3 is 2.00 bits per heavy atom. The maximum absolute atomic E-state index is 12.2. The minimum Gasteiger partial charge on any atom is -0.828 e. The molecule has 0 aliphatic heterocycles. The van der Waals surface area contributed by atoms with Crippen molar-refractivity contribution in [2.24, 2.45) is 0 Å². The van der Waals surface area contributed by atoms with Crippen molar-refractivity contribution < 1.29 is 54.9 Å². The Bertz CT molecular complexity index is 532. The van der Waals surface area contributed by atoms with Gasteiger partial charge in [-0.2, -0.15) is 26.3 Å². The lowest BCUT2D eigenvalue weighted by Crippen LogP contribution is -2.71. The number of rotatable bonds is 5. The Kier molecular flexibility index (Phi) is 5.30. The summed E-state index contributed by atoms with van der Waals surface area (Å²) in [5.74, 6) is -4.47. The summed E-state index contributed by atoms with van der Waals surface area (Å²) < 4.78 is 86.0. The third kappa shape index (κ3) is 3.94. The van der Waals surface area contributed by atoms with Crippen molar-refractivity contribution in [2.45, 2.75) is 18.0 Å². The Balaban J connectivity index is 2.59. The molecule has 0 saturated heterocycles. The van der Waals surface area contributed by atoms with Crippen molar-refractivity contribution in [3.63, 3.8) is 0 Å². The first kappa shape index (κ1) is 18.8. The van der Waals surface area contributed by atoms with Crippen molar-refractivity contribution >= 4 is 11.9 Å². The molecule has 130 valence electrons. The van der Waals surface area contributed by atoms with E-state index in [1.165, 1.54) is 12.1 Å². The van der Waals surface area contributed by atoms with E-state index in [0.29, 0.717) is 0 Å². The van der Waals surface area contributed by atoms with Crippen molar-refractivity contribution in [3.8, 4) is 0 Å². The van der Waals surface area contributed by atoms with E-state index in [1.54, 1.807) is 0 Å². The maximum Gasteiger partial charge on any atom is 0.399 e. The summed E-state index contributed by atoms with van der Waals surface area (Å²) in [6, 6.07) is 2.49. The smallest absolute Gasteiger partial charge is 0.399 e. The molecule has 0 amide bonds. The van der Waals surface area contributed by atoms with Crippen molar-refractivity contribution in [1.82, 2.24) is 0 Å². The molecule has 0 spiro atoms. The van der Waals surface area contributed by atoms with E-state index in [2.05, 4.69) is 13.9 Å². The van der Waals surface area contributed by atoms with E-state index >= 15 is 0 Å². The van der Waals surface area contributed by atoms with Crippen LogP contribution in [0.25, 0.3) is 0 Å². The highest BCUT2D eigenvalue weighted by Crippen LogP contribution is 2.41. The summed E-state index contributed by atoms with van der Waals surface area (Å²) in [7, 11) is 0. The molecule has 0 aromatic carbocycles. The first-order chi connectivity index (χ1) is 10.4. The van der Waals surface area contributed by atoms with Crippen LogP contribution >= 0.6 is 0 Å². The zero-order chi connectivity index (χ0) is 17.9. The molecule has 1 aromatic rings. The maximum atomic E-state index is 12.2. The van der Waals surface area contributed by atoms with Gasteiger partial charge in [-0.25, -0.2) is 4.79 Å². The number of carbonyl (C=O) groups is 2. The van der Waals surface area contributed by atoms with Crippen LogP contribution in [0.5, 0.6) is 0 Å². The van der Waals surface area contributed by atoms with Crippen LogP contribution in [0.1, 0.15) is 10.6 Å². The van der Waals surface area contributed by atoms with Gasteiger partial charge in [0.2, 0.25) is 5.76 Å². The van der Waals surface area contributed by atoms with Crippen LogP contribution < -0.4 is 5.11 Å². The van der Waals surface area contributed by atoms with Gasteiger partial charge in [0.1, 0.15) is 13.2 Å². The largest absolute Gasteiger partial charge is 0.828 e. The van der Waals surface area contributed by atoms with E-state index in [-0.39, 0.29) is 5.76 Å². The summed E-state index contributed by atoms with van der Waals surface area (Å²) in [5, 5.41) is 10.9. The number of halogens is 6. The van der Waals surface area contributed by atoms with Crippen LogP contribution in [0.3, 0.4) is 0 Å². The highest BCUT2D eigenvalue weighted by atomic mass is 19.4. The quantitative estimate of drug-likeness (QED) is 0.451. The minimum atomic E-state index is -6.45. The van der Waals surface area contributed by atoms with E-state index in [0.717, 1.165) is 6.26 Å². The minimum absolute atomic E-state index is 0.292. The average Bonchev–Trinajstić information content (AvgIpc) is 2.93. The topological polar surface area (TPSA) is 88.8 Å². The SMILES string of the molecule is O=C(OCCOC(=O)C([O-])(C(F)(F)F)C(F)(F)F)c1ccco1. The number of alkyl halides is 6. The number of esters is 2. The molecular weight excluding hydrogens is 342 g/mol. The molecule has 0 aliphatic rings. The molecular formula is C11H7F6O6-. The van der Waals surface area contributed by atoms with Gasteiger partial charge >= 0.3 is 24.3 Å². The van der Waals surface area contributed by atoms with E-state index in [4.69, 9.17) is 0 Å². The van der Waals surface area contributed by atoms with Crippen LogP contribution in [-0.2, 0) is 14.3 Å². The molecule has 6 nitrogen and oxygen atoms in total. The van der Waals surface area contributed by atoms with Crippen molar-refractivity contribution in [2.75, 3.05) is 13.2 Å². The molecule has 0 atom stereocenters. The molecule has 1 rings (SSSR count). The standard InChI is InChI=1S/C11H7F6O6/c12-10(13,14)9(20,11(15,16)17)8(19)23-5-4-22-7(18)6-2-1-3-21-6/h1-3H,4-5H2/q-1. The normalized spacial score (nSPS) is 12.8. The van der Waals surface area contributed by atoms with Gasteiger partial charge in [-0.1, -0.05) is 0 Å². The fourth-order valence-corrected chi connectivity index (χ4v) is 1.23. The molecule has 0 saturated carbocycles. The summed E-state index contributed by atoms with van der Waals surface area (Å²) in [5.41, 5.74) is -5.93. The van der Waals surface area contributed by atoms with Crippen LogP contribution in [0.2, 0.25) is 0 Å². The van der Waals surface area contributed by atoms with E-state index < -0.39 is 43.1 Å². The molecule has 0 fully saturated rings. The van der Waals surface area contributed by atoms with Gasteiger partial charge in [0.05, 0.1) is 6.26 Å². The number of hydrogen-bond acceptors (Lipinski definition) is 6. The van der Waals surface area contributed by atoms with Gasteiger partial charge in [0.25, 0.3) is 0 Å². The highest BCUT2D eigenvalue weighted by Gasteiger charge is 2.68. The third-order valence-electron chi connectivity index (χ3n) is 2.36. The lowest BCUT2D eigenvalue weighted by atomic mass is 10.0. The first-order valence-corrected chi connectivity index (χ1v) is 5.63. The second kappa shape index (κ2) is 6.48. The number of carbonyl (C=O) groups excluding carboxylic acids is 2. The zero-order valence-corrected chi connectivity index (χ0v) is 10.9. The zero-order valence-electron chi connectivity index (χ0n) is 10.9. The summed E-state index contributed by atoms with van der Waals surface area (Å²) in [6.45, 7) is -2.06. The van der Waals surface area contributed by atoms with E-state index in [1.807, 2.05) is 0 Å². The summed E-state index contributed by atoms with van der Waals surface area (Å²) >= 11 is 0. The lowest BCUT2D eigenvalue weighted by molar-refractivity contribution is -0.574. The predicted molar refractivity (Wildman–Crippen MR) is 54.8 cm³/mol. The Labute approximate surface area is 123 Å². The van der Waals surface area contributed by atoms with Crippen LogP contribution in [0.15, 0.2) is 22.8 Å². The Morgan fingerprint density at radius 2 is 1.57 bits per heavy atom. The molecule has 0 unspecified atom stereocenters. The second-order valence-corrected chi connectivity index (χ2v) is 3.93. The monoisotopic (exact) mass is 349 g/mol. The molecule has 23 heavy (non-hydrogen) atoms. The fraction of sp³-hybridized carbons (Fsp3) is 0.455. The number of furan rings is 1. The molecule has 0 N–H and O–H groups in total. The van der Waals surface area contributed by atoms with Gasteiger partial charge in [-0.15, -0.1) is 0 Å². The molecule has 0 bridgehead atoms. The average molecular weight is 349 g/mol. The lowest BCUT2D eigenvalue weighted by Gasteiger charge is -2.40. The van der Waals surface area contributed by atoms with Gasteiger partial charge in [0, 0.05) is 0 Å². The predicted octanol–water partition coefficient (Wildman–Crippen LogP) is 1.20. The van der Waals surface area contributed by atoms with Crippen molar-refractivity contribution in [1.29, 1.82) is 0 Å². The van der Waals surface area contributed by atoms with Gasteiger partial charge < -0.3 is 19.0 Å². The van der Waals surface area contributed by atoms with Gasteiger partial charge in [0.15, 0.2) is 5.60 Å². The van der Waals surface area contributed by atoms with Crippen LogP contribution in [0, 0.1) is 0 Å². The van der Waals surface area contributed by atoms with Gasteiger partial charge in [-0.3, -0.25) is 4.79 Å². The number of hydrogen-bond donors (Lipinski definition) is 0. The third-order valence-corrected chi connectivity index (χ3v) is 2.36. The molecule has 0 aliphatic carbocycles. The molecule has 1 aromatic heterocycles. The molecule has 0 radical (unpaired) electrons. The van der Waals surface area contributed by atoms with E-state index in [9.17, 15) is 41.0 Å². The second-order valence-electron chi connectivity index (χ2n) is 3.93. The fourth-order valence-electron chi connectivity index (χ4n) is 1.23.